The van der Waals surface area contributed by atoms with Crippen molar-refractivity contribution < 1.29 is 38.7 Å². The predicted molar refractivity (Wildman–Crippen MR) is 261 cm³/mol. The number of rotatable bonds is 17. The van der Waals surface area contributed by atoms with E-state index < -0.39 is 70.0 Å². The number of carbonyl (C=O) groups excluding carboxylic acids is 7. The SMILES string of the molecule is CNCC(=O)N[C@H]1CCSC(N[C@H](C(=O)NCC#CC#CCNC(=O)C(O)(NC(=O)[C@H]2N3C(=O)[C@@H](NC(=O)[C@H](C)NC)CCS[C@H]3CC2(C)C)c2ccccc2)c2ccccc2)(C(C)C)NC1=O. The highest BCUT2D eigenvalue weighted by Gasteiger charge is 2.56. The van der Waals surface area contributed by atoms with E-state index in [0.717, 1.165) is 0 Å². The Hall–Kier alpha value is -5.61. The zero-order valence-corrected chi connectivity index (χ0v) is 41.2. The van der Waals surface area contributed by atoms with Gasteiger partial charge in [0.25, 0.3) is 5.91 Å². The first kappa shape index (κ1) is 53.3. The molecule has 8 atom stereocenters. The van der Waals surface area contributed by atoms with Gasteiger partial charge in [0.2, 0.25) is 41.2 Å². The van der Waals surface area contributed by atoms with Crippen LogP contribution in [0.5, 0.6) is 0 Å². The lowest BCUT2D eigenvalue weighted by Gasteiger charge is -2.40. The van der Waals surface area contributed by atoms with Gasteiger partial charge in [0.05, 0.1) is 31.0 Å². The first-order valence-electron chi connectivity index (χ1n) is 22.6. The molecule has 3 aliphatic heterocycles. The fourth-order valence-corrected chi connectivity index (χ4v) is 11.1. The summed E-state index contributed by atoms with van der Waals surface area (Å²) in [5, 5.41) is 37.3. The quantitative estimate of drug-likeness (QED) is 0.0740. The summed E-state index contributed by atoms with van der Waals surface area (Å²) in [5.74, 6) is 8.13. The van der Waals surface area contributed by atoms with Crippen LogP contribution in [-0.4, -0.2) is 131 Å². The van der Waals surface area contributed by atoms with Crippen molar-refractivity contribution in [2.24, 2.45) is 11.3 Å². The fraction of sp³-hybridized carbons (Fsp3) is 0.521. The minimum Gasteiger partial charge on any atom is -0.359 e. The average molecular weight is 973 g/mol. The number of thioether (sulfide) groups is 2. The molecule has 0 bridgehead atoms. The molecule has 7 amide bonds. The van der Waals surface area contributed by atoms with Crippen LogP contribution in [0.25, 0.3) is 0 Å². The summed E-state index contributed by atoms with van der Waals surface area (Å²) in [5.41, 5.74) is -2.61. The summed E-state index contributed by atoms with van der Waals surface area (Å²) in [4.78, 5) is 95.1. The molecule has 3 aliphatic rings. The molecule has 2 aromatic rings. The predicted octanol–water partition coefficient (Wildman–Crippen LogP) is -0.0321. The number of benzene rings is 2. The molecule has 20 heteroatoms. The van der Waals surface area contributed by atoms with Crippen molar-refractivity contribution in [3.8, 4) is 23.7 Å². The monoisotopic (exact) mass is 972 g/mol. The van der Waals surface area contributed by atoms with Crippen LogP contribution in [0.15, 0.2) is 60.7 Å². The Bertz CT molecular complexity index is 2280. The van der Waals surface area contributed by atoms with Gasteiger partial charge in [-0.3, -0.25) is 38.9 Å². The van der Waals surface area contributed by atoms with Crippen molar-refractivity contribution in [1.82, 2.24) is 52.8 Å². The lowest BCUT2D eigenvalue weighted by Crippen LogP contribution is -2.63. The molecule has 3 saturated heterocycles. The average Bonchev–Trinajstić information content (AvgIpc) is 3.37. The zero-order chi connectivity index (χ0) is 49.6. The van der Waals surface area contributed by atoms with Gasteiger partial charge in [0, 0.05) is 5.56 Å². The van der Waals surface area contributed by atoms with E-state index in [1.165, 1.54) is 40.6 Å². The molecule has 0 aliphatic carbocycles. The van der Waals surface area contributed by atoms with Crippen LogP contribution in [0.2, 0.25) is 0 Å². The van der Waals surface area contributed by atoms with Crippen LogP contribution >= 0.6 is 23.5 Å². The minimum atomic E-state index is -2.57. The molecule has 3 heterocycles. The van der Waals surface area contributed by atoms with Crippen LogP contribution in [0, 0.1) is 35.0 Å². The van der Waals surface area contributed by atoms with Gasteiger partial charge in [-0.15, -0.1) is 23.5 Å². The van der Waals surface area contributed by atoms with Crippen molar-refractivity contribution in [3.63, 3.8) is 0 Å². The Morgan fingerprint density at radius 3 is 2.13 bits per heavy atom. The van der Waals surface area contributed by atoms with Crippen molar-refractivity contribution in [2.45, 2.75) is 100 Å². The molecule has 2 unspecified atom stereocenters. The Morgan fingerprint density at radius 1 is 0.868 bits per heavy atom. The summed E-state index contributed by atoms with van der Waals surface area (Å²) >= 11 is 2.98. The molecule has 0 aromatic heterocycles. The fourth-order valence-electron chi connectivity index (χ4n) is 8.16. The molecule has 10 N–H and O–H groups in total. The van der Waals surface area contributed by atoms with E-state index in [0.29, 0.717) is 36.3 Å². The molecule has 18 nitrogen and oxygen atoms in total. The van der Waals surface area contributed by atoms with E-state index in [9.17, 15) is 38.7 Å². The Morgan fingerprint density at radius 2 is 1.50 bits per heavy atom. The summed E-state index contributed by atoms with van der Waals surface area (Å²) in [7, 11) is 3.29. The summed E-state index contributed by atoms with van der Waals surface area (Å²) in [6.07, 6.45) is 1.24. The topological polar surface area (TPSA) is 251 Å². The third-order valence-corrected chi connectivity index (χ3v) is 14.9. The molecule has 68 heavy (non-hydrogen) atoms. The Labute approximate surface area is 406 Å². The first-order valence-corrected chi connectivity index (χ1v) is 24.7. The first-order chi connectivity index (χ1) is 32.4. The largest absolute Gasteiger partial charge is 0.359 e. The van der Waals surface area contributed by atoms with Crippen LogP contribution in [-0.2, 0) is 39.3 Å². The number of nitrogens with one attached hydrogen (secondary N) is 9. The third kappa shape index (κ3) is 13.1. The summed E-state index contributed by atoms with van der Waals surface area (Å²) < 4.78 is 0. The second-order valence-corrected chi connectivity index (χ2v) is 20.4. The molecule has 3 fully saturated rings. The smallest absolute Gasteiger partial charge is 0.278 e. The van der Waals surface area contributed by atoms with Crippen molar-refractivity contribution >= 4 is 64.9 Å². The minimum absolute atomic E-state index is 0.0688. The number of amides is 7. The Kier molecular flexibility index (Phi) is 18.9. The Balaban J connectivity index is 1.24. The highest BCUT2D eigenvalue weighted by atomic mass is 32.2. The van der Waals surface area contributed by atoms with E-state index in [4.69, 9.17) is 0 Å². The lowest BCUT2D eigenvalue weighted by atomic mass is 9.83. The van der Waals surface area contributed by atoms with Crippen LogP contribution < -0.4 is 47.9 Å². The van der Waals surface area contributed by atoms with Gasteiger partial charge >= 0.3 is 0 Å². The molecule has 5 rings (SSSR count). The molecule has 0 saturated carbocycles. The summed E-state index contributed by atoms with van der Waals surface area (Å²) in [6.45, 7) is 8.96. The molecule has 0 radical (unpaired) electrons. The van der Waals surface area contributed by atoms with E-state index in [-0.39, 0.29) is 54.2 Å². The van der Waals surface area contributed by atoms with Crippen LogP contribution in [0.1, 0.15) is 71.0 Å². The molecular weight excluding hydrogens is 909 g/mol. The van der Waals surface area contributed by atoms with Gasteiger partial charge in [-0.1, -0.05) is 100 Å². The van der Waals surface area contributed by atoms with Gasteiger partial charge in [-0.25, -0.2) is 0 Å². The van der Waals surface area contributed by atoms with E-state index in [2.05, 4.69) is 71.5 Å². The second kappa shape index (κ2) is 24.1. The van der Waals surface area contributed by atoms with Crippen molar-refractivity contribution in [2.75, 3.05) is 45.2 Å². The third-order valence-electron chi connectivity index (χ3n) is 12.0. The molecular formula is C48H64N10O8S2. The normalized spacial score (nSPS) is 23.8. The number of carbonyl (C=O) groups is 7. The second-order valence-electron chi connectivity index (χ2n) is 17.8. The maximum Gasteiger partial charge on any atom is 0.278 e. The van der Waals surface area contributed by atoms with Crippen LogP contribution in [0.3, 0.4) is 0 Å². The molecule has 2 aromatic carbocycles. The standard InChI is InChI=1S/C48H64N10O8S2/c1-30(2)48(57-41(61)34(23-27-68-48)53-36(59)29-49-6)55-38(32-18-12-10-13-19-32)42(62)51-24-16-8-9-17-25-52-45(65)47(66,33-20-14-11-15-21-33)56-43(63)39-46(4,5)28-37-58(39)44(64)35(22-26-67-37)54-40(60)31(3)50-7/h10-15,18-21,30-31,34-35,37-39,49-50,55,66H,22-29H2,1-7H3,(H,51,62)(H,52,65)(H,53,59)(H,54,60)(H,56,63)(H,57,61)/t31-,34-,35-,37-,38-,39+,47?,48?/m0/s1. The van der Waals surface area contributed by atoms with Crippen LogP contribution in [0.4, 0.5) is 0 Å². The highest BCUT2D eigenvalue weighted by Crippen LogP contribution is 2.46. The van der Waals surface area contributed by atoms with Crippen molar-refractivity contribution in [3.05, 3.63) is 71.8 Å². The summed E-state index contributed by atoms with van der Waals surface area (Å²) in [6, 6.07) is 12.8. The number of hydrogen-bond acceptors (Lipinski definition) is 13. The number of likely N-dealkylation sites (N-methyl/N-ethyl adjacent to an activating group) is 2. The van der Waals surface area contributed by atoms with Gasteiger partial charge in [0.15, 0.2) is 0 Å². The lowest BCUT2D eigenvalue weighted by molar-refractivity contribution is -0.155. The van der Waals surface area contributed by atoms with Gasteiger partial charge < -0.3 is 52.5 Å². The van der Waals surface area contributed by atoms with E-state index >= 15 is 0 Å². The maximum absolute atomic E-state index is 14.4. The van der Waals surface area contributed by atoms with Crippen molar-refractivity contribution in [1.29, 1.82) is 0 Å². The highest BCUT2D eigenvalue weighted by molar-refractivity contribution is 8.00. The van der Waals surface area contributed by atoms with E-state index in [1.807, 2.05) is 45.9 Å². The van der Waals surface area contributed by atoms with Gasteiger partial charge in [-0.2, -0.15) is 0 Å². The zero-order valence-electron chi connectivity index (χ0n) is 39.5. The molecule has 366 valence electrons. The van der Waals surface area contributed by atoms with Gasteiger partial charge in [-0.05, 0) is 80.5 Å². The van der Waals surface area contributed by atoms with Gasteiger partial charge in [0.1, 0.15) is 29.2 Å². The number of aliphatic hydroxyl groups is 1. The number of hydrogen-bond donors (Lipinski definition) is 10. The number of fused-ring (bicyclic) bond motifs is 1. The number of nitrogens with zero attached hydrogens (tertiary/aromatic N) is 1. The van der Waals surface area contributed by atoms with E-state index in [1.54, 1.807) is 51.4 Å². The molecule has 0 spiro atoms. The maximum atomic E-state index is 14.4.